The maximum absolute atomic E-state index is 12.2. The quantitative estimate of drug-likeness (QED) is 0.786. The molecule has 2 atom stereocenters. The number of carbonyl (C=O) groups excluding carboxylic acids is 1. The van der Waals surface area contributed by atoms with Crippen molar-refractivity contribution in [2.24, 2.45) is 10.9 Å². The van der Waals surface area contributed by atoms with Gasteiger partial charge in [0.2, 0.25) is 5.91 Å². The predicted octanol–water partition coefficient (Wildman–Crippen LogP) is 2.74. The molecule has 0 bridgehead atoms. The van der Waals surface area contributed by atoms with E-state index in [0.29, 0.717) is 5.25 Å². The van der Waals surface area contributed by atoms with Crippen molar-refractivity contribution in [2.75, 3.05) is 19.6 Å². The monoisotopic (exact) mass is 299 g/mol. The van der Waals surface area contributed by atoms with Crippen molar-refractivity contribution < 1.29 is 4.79 Å². The van der Waals surface area contributed by atoms with E-state index in [-0.39, 0.29) is 11.9 Å². The summed E-state index contributed by atoms with van der Waals surface area (Å²) in [7, 11) is 0. The van der Waals surface area contributed by atoms with Gasteiger partial charge in [-0.3, -0.25) is 9.79 Å². The van der Waals surface area contributed by atoms with Crippen molar-refractivity contribution >= 4 is 22.8 Å². The molecule has 0 spiro atoms. The molecular weight excluding hydrogens is 270 g/mol. The van der Waals surface area contributed by atoms with Crippen LogP contribution in [0.2, 0.25) is 0 Å². The Morgan fingerprint density at radius 2 is 1.95 bits per heavy atom. The molecule has 0 saturated heterocycles. The standard InChI is InChI=1S/C15H29N3OS/c1-6-12(7-2)13-10-16-15(20-13)17-11(5)14(19)18(8-3)9-4/h11-13H,6-10H2,1-5H3,(H,16,17). The molecule has 0 saturated carbocycles. The highest BCUT2D eigenvalue weighted by Crippen LogP contribution is 2.30. The number of thioether (sulfide) groups is 1. The molecule has 1 aliphatic heterocycles. The van der Waals surface area contributed by atoms with Crippen LogP contribution in [0.5, 0.6) is 0 Å². The summed E-state index contributed by atoms with van der Waals surface area (Å²) in [6.07, 6.45) is 2.40. The molecule has 1 heterocycles. The van der Waals surface area contributed by atoms with E-state index in [1.807, 2.05) is 37.4 Å². The molecule has 0 radical (unpaired) electrons. The normalized spacial score (nSPS) is 19.9. The van der Waals surface area contributed by atoms with Gasteiger partial charge in [-0.15, -0.1) is 0 Å². The largest absolute Gasteiger partial charge is 0.353 e. The topological polar surface area (TPSA) is 44.7 Å². The number of aliphatic imine (C=N–C) groups is 1. The van der Waals surface area contributed by atoms with E-state index < -0.39 is 0 Å². The highest BCUT2D eigenvalue weighted by Gasteiger charge is 2.28. The lowest BCUT2D eigenvalue weighted by molar-refractivity contribution is -0.132. The Labute approximate surface area is 127 Å². The maximum atomic E-state index is 12.2. The van der Waals surface area contributed by atoms with Gasteiger partial charge < -0.3 is 10.2 Å². The van der Waals surface area contributed by atoms with Crippen molar-refractivity contribution in [3.05, 3.63) is 0 Å². The lowest BCUT2D eigenvalue weighted by Gasteiger charge is -2.24. The second kappa shape index (κ2) is 8.55. The zero-order valence-corrected chi connectivity index (χ0v) is 14.3. The van der Waals surface area contributed by atoms with Gasteiger partial charge in [0, 0.05) is 18.3 Å². The third-order valence-corrected chi connectivity index (χ3v) is 5.34. The first-order valence-electron chi connectivity index (χ1n) is 7.83. The number of hydrogen-bond acceptors (Lipinski definition) is 4. The van der Waals surface area contributed by atoms with Gasteiger partial charge in [0.05, 0.1) is 6.54 Å². The van der Waals surface area contributed by atoms with Gasteiger partial charge >= 0.3 is 0 Å². The van der Waals surface area contributed by atoms with Crippen LogP contribution in [0.25, 0.3) is 0 Å². The molecule has 0 aliphatic carbocycles. The Balaban J connectivity index is 2.48. The van der Waals surface area contributed by atoms with Crippen LogP contribution in [0.4, 0.5) is 0 Å². The molecule has 1 amide bonds. The first-order chi connectivity index (χ1) is 9.57. The zero-order valence-electron chi connectivity index (χ0n) is 13.5. The molecule has 1 aliphatic rings. The predicted molar refractivity (Wildman–Crippen MR) is 88.3 cm³/mol. The smallest absolute Gasteiger partial charge is 0.244 e. The SMILES string of the molecule is CCC(CC)C1CN=C(NC(C)C(=O)N(CC)CC)S1. The summed E-state index contributed by atoms with van der Waals surface area (Å²) in [5.41, 5.74) is 0. The molecule has 20 heavy (non-hydrogen) atoms. The third-order valence-electron chi connectivity index (χ3n) is 4.04. The number of nitrogens with zero attached hydrogens (tertiary/aromatic N) is 2. The molecule has 0 aromatic heterocycles. The second-order valence-corrected chi connectivity index (χ2v) is 6.48. The molecular formula is C15H29N3OS. The molecule has 1 N–H and O–H groups in total. The molecule has 5 heteroatoms. The van der Waals surface area contributed by atoms with Crippen LogP contribution >= 0.6 is 11.8 Å². The van der Waals surface area contributed by atoms with E-state index in [4.69, 9.17) is 0 Å². The highest BCUT2D eigenvalue weighted by molar-refractivity contribution is 8.14. The summed E-state index contributed by atoms with van der Waals surface area (Å²) in [5, 5.41) is 4.79. The maximum Gasteiger partial charge on any atom is 0.244 e. The van der Waals surface area contributed by atoms with Gasteiger partial charge in [-0.2, -0.15) is 0 Å². The van der Waals surface area contributed by atoms with E-state index >= 15 is 0 Å². The number of rotatable bonds is 7. The fourth-order valence-corrected chi connectivity index (χ4v) is 3.99. The molecule has 2 unspecified atom stereocenters. The first kappa shape index (κ1) is 17.3. The molecule has 4 nitrogen and oxygen atoms in total. The fraction of sp³-hybridized carbons (Fsp3) is 0.867. The van der Waals surface area contributed by atoms with Gasteiger partial charge in [-0.1, -0.05) is 38.5 Å². The fourth-order valence-electron chi connectivity index (χ4n) is 2.59. The minimum atomic E-state index is -0.193. The molecule has 1 rings (SSSR count). The van der Waals surface area contributed by atoms with E-state index in [1.54, 1.807) is 0 Å². The second-order valence-electron chi connectivity index (χ2n) is 5.26. The minimum absolute atomic E-state index is 0.157. The Bertz CT molecular complexity index is 338. The van der Waals surface area contributed by atoms with Crippen LogP contribution in [0.15, 0.2) is 4.99 Å². The third kappa shape index (κ3) is 4.40. The van der Waals surface area contributed by atoms with Gasteiger partial charge in [0.15, 0.2) is 5.17 Å². The minimum Gasteiger partial charge on any atom is -0.353 e. The van der Waals surface area contributed by atoms with Gasteiger partial charge in [0.1, 0.15) is 6.04 Å². The van der Waals surface area contributed by atoms with E-state index in [1.165, 1.54) is 12.8 Å². The number of carbonyl (C=O) groups is 1. The summed E-state index contributed by atoms with van der Waals surface area (Å²) in [4.78, 5) is 18.6. The van der Waals surface area contributed by atoms with Crippen molar-refractivity contribution in [1.82, 2.24) is 10.2 Å². The summed E-state index contributed by atoms with van der Waals surface area (Å²) in [5.74, 6) is 0.876. The van der Waals surface area contributed by atoms with Crippen molar-refractivity contribution in [1.29, 1.82) is 0 Å². The lowest BCUT2D eigenvalue weighted by Crippen LogP contribution is -2.46. The van der Waals surface area contributed by atoms with Crippen LogP contribution in [0.3, 0.4) is 0 Å². The van der Waals surface area contributed by atoms with Gasteiger partial charge in [-0.25, -0.2) is 0 Å². The Morgan fingerprint density at radius 3 is 2.45 bits per heavy atom. The number of hydrogen-bond donors (Lipinski definition) is 1. The average Bonchev–Trinajstić information content (AvgIpc) is 2.89. The van der Waals surface area contributed by atoms with Crippen LogP contribution in [0, 0.1) is 5.92 Å². The summed E-state index contributed by atoms with van der Waals surface area (Å²) >= 11 is 1.81. The average molecular weight is 299 g/mol. The van der Waals surface area contributed by atoms with Crippen molar-refractivity contribution in [2.45, 2.75) is 58.8 Å². The summed E-state index contributed by atoms with van der Waals surface area (Å²) in [6.45, 7) is 12.8. The van der Waals surface area contributed by atoms with Crippen molar-refractivity contribution in [3.63, 3.8) is 0 Å². The first-order valence-corrected chi connectivity index (χ1v) is 8.71. The molecule has 0 fully saturated rings. The van der Waals surface area contributed by atoms with Crippen molar-refractivity contribution in [3.8, 4) is 0 Å². The zero-order chi connectivity index (χ0) is 15.1. The van der Waals surface area contributed by atoms with Gasteiger partial charge in [0.25, 0.3) is 0 Å². The van der Waals surface area contributed by atoms with Crippen LogP contribution < -0.4 is 5.32 Å². The molecule has 0 aromatic carbocycles. The number of amidine groups is 1. The highest BCUT2D eigenvalue weighted by atomic mass is 32.2. The Morgan fingerprint density at radius 1 is 1.35 bits per heavy atom. The van der Waals surface area contributed by atoms with E-state index in [9.17, 15) is 4.79 Å². The number of likely N-dealkylation sites (N-methyl/N-ethyl adjacent to an activating group) is 1. The Kier molecular flexibility index (Phi) is 7.41. The summed E-state index contributed by atoms with van der Waals surface area (Å²) < 4.78 is 0. The van der Waals surface area contributed by atoms with Crippen LogP contribution in [0.1, 0.15) is 47.5 Å². The lowest BCUT2D eigenvalue weighted by atomic mass is 9.99. The number of nitrogens with one attached hydrogen (secondary N) is 1. The Hall–Kier alpha value is -0.710. The van der Waals surface area contributed by atoms with Crippen LogP contribution in [-0.2, 0) is 4.79 Å². The molecule has 116 valence electrons. The van der Waals surface area contributed by atoms with E-state index in [0.717, 1.165) is 30.7 Å². The number of amides is 1. The van der Waals surface area contributed by atoms with Gasteiger partial charge in [-0.05, 0) is 26.7 Å². The van der Waals surface area contributed by atoms with Crippen LogP contribution in [-0.4, -0.2) is 46.9 Å². The summed E-state index contributed by atoms with van der Waals surface area (Å²) in [6, 6.07) is -0.193. The molecule has 0 aromatic rings. The van der Waals surface area contributed by atoms with E-state index in [2.05, 4.69) is 24.2 Å².